The summed E-state index contributed by atoms with van der Waals surface area (Å²) in [5, 5.41) is 1.94. The predicted octanol–water partition coefficient (Wildman–Crippen LogP) is 2.99. The van der Waals surface area contributed by atoms with E-state index in [1.807, 2.05) is 13.0 Å². The van der Waals surface area contributed by atoms with Gasteiger partial charge in [-0.25, -0.2) is 4.39 Å². The van der Waals surface area contributed by atoms with Crippen molar-refractivity contribution >= 4 is 10.8 Å². The zero-order chi connectivity index (χ0) is 9.42. The van der Waals surface area contributed by atoms with E-state index in [9.17, 15) is 4.39 Å². The van der Waals surface area contributed by atoms with Crippen molar-refractivity contribution in [2.24, 2.45) is 0 Å². The van der Waals surface area contributed by atoms with E-state index in [0.717, 1.165) is 21.9 Å². The van der Waals surface area contributed by atoms with E-state index in [4.69, 9.17) is 0 Å². The Bertz CT molecular complexity index is 463. The number of hydrogen-bond acceptors (Lipinski definition) is 1. The molecule has 1 aromatic heterocycles. The van der Waals surface area contributed by atoms with Crippen LogP contribution in [0.25, 0.3) is 10.8 Å². The second-order valence-electron chi connectivity index (χ2n) is 3.21. The highest BCUT2D eigenvalue weighted by molar-refractivity contribution is 5.85. The van der Waals surface area contributed by atoms with E-state index in [0.29, 0.717) is 0 Å². The average molecular weight is 175 g/mol. The lowest BCUT2D eigenvalue weighted by molar-refractivity contribution is 0.619. The molecule has 2 rings (SSSR count). The standard InChI is InChI=1S/C11H10FN/c1-7-8(2)11(12)5-9-6-13-4-3-10(7)9/h3-6H,1-2H3. The van der Waals surface area contributed by atoms with Gasteiger partial charge in [0.1, 0.15) is 5.82 Å². The third-order valence-corrected chi connectivity index (χ3v) is 2.46. The summed E-state index contributed by atoms with van der Waals surface area (Å²) in [6.45, 7) is 3.73. The summed E-state index contributed by atoms with van der Waals surface area (Å²) >= 11 is 0. The summed E-state index contributed by atoms with van der Waals surface area (Å²) in [5.41, 5.74) is 1.72. The molecule has 66 valence electrons. The molecule has 0 N–H and O–H groups in total. The van der Waals surface area contributed by atoms with Crippen molar-refractivity contribution < 1.29 is 4.39 Å². The maximum absolute atomic E-state index is 13.3. The number of aryl methyl sites for hydroxylation is 1. The Kier molecular flexibility index (Phi) is 1.76. The Labute approximate surface area is 76.2 Å². The van der Waals surface area contributed by atoms with Crippen LogP contribution in [0.15, 0.2) is 24.5 Å². The van der Waals surface area contributed by atoms with Crippen molar-refractivity contribution in [3.8, 4) is 0 Å². The minimum absolute atomic E-state index is 0.155. The topological polar surface area (TPSA) is 12.9 Å². The second kappa shape index (κ2) is 2.80. The molecule has 0 aliphatic carbocycles. The first kappa shape index (κ1) is 8.17. The molecule has 0 fully saturated rings. The lowest BCUT2D eigenvalue weighted by Crippen LogP contribution is -1.89. The van der Waals surface area contributed by atoms with Crippen LogP contribution >= 0.6 is 0 Å². The van der Waals surface area contributed by atoms with Gasteiger partial charge in [-0.3, -0.25) is 4.98 Å². The van der Waals surface area contributed by atoms with Crippen LogP contribution < -0.4 is 0 Å². The van der Waals surface area contributed by atoms with Gasteiger partial charge in [0.05, 0.1) is 0 Å². The van der Waals surface area contributed by atoms with E-state index < -0.39 is 0 Å². The first-order valence-electron chi connectivity index (χ1n) is 4.19. The molecule has 0 saturated carbocycles. The van der Waals surface area contributed by atoms with Gasteiger partial charge < -0.3 is 0 Å². The molecule has 0 saturated heterocycles. The van der Waals surface area contributed by atoms with Crippen LogP contribution in [0.5, 0.6) is 0 Å². The Morgan fingerprint density at radius 2 is 2.00 bits per heavy atom. The van der Waals surface area contributed by atoms with Gasteiger partial charge in [0.25, 0.3) is 0 Å². The van der Waals surface area contributed by atoms with Gasteiger partial charge >= 0.3 is 0 Å². The normalized spacial score (nSPS) is 10.7. The van der Waals surface area contributed by atoms with Crippen LogP contribution in [0.3, 0.4) is 0 Å². The Balaban J connectivity index is 2.94. The van der Waals surface area contributed by atoms with Crippen LogP contribution in [0, 0.1) is 19.7 Å². The maximum Gasteiger partial charge on any atom is 0.127 e. The van der Waals surface area contributed by atoms with E-state index >= 15 is 0 Å². The first-order chi connectivity index (χ1) is 6.20. The number of aromatic nitrogens is 1. The summed E-state index contributed by atoms with van der Waals surface area (Å²) in [5.74, 6) is -0.155. The van der Waals surface area contributed by atoms with E-state index in [1.54, 1.807) is 19.3 Å². The summed E-state index contributed by atoms with van der Waals surface area (Å²) in [4.78, 5) is 3.96. The van der Waals surface area contributed by atoms with Gasteiger partial charge in [-0.05, 0) is 42.5 Å². The first-order valence-corrected chi connectivity index (χ1v) is 4.19. The lowest BCUT2D eigenvalue weighted by atomic mass is 10.0. The molecule has 1 nitrogen and oxygen atoms in total. The molecule has 0 unspecified atom stereocenters. The number of rotatable bonds is 0. The summed E-state index contributed by atoms with van der Waals surface area (Å²) < 4.78 is 13.3. The number of benzene rings is 1. The molecule has 0 amide bonds. The monoisotopic (exact) mass is 175 g/mol. The summed E-state index contributed by atoms with van der Waals surface area (Å²) in [6.07, 6.45) is 3.41. The molecule has 0 atom stereocenters. The number of pyridine rings is 1. The van der Waals surface area contributed by atoms with Crippen LogP contribution in [0.2, 0.25) is 0 Å². The molecule has 1 aromatic carbocycles. The molecule has 0 aliphatic heterocycles. The number of fused-ring (bicyclic) bond motifs is 1. The fourth-order valence-corrected chi connectivity index (χ4v) is 1.49. The SMILES string of the molecule is Cc1c(F)cc2cnccc2c1C. The minimum Gasteiger partial charge on any atom is -0.264 e. The zero-order valence-corrected chi connectivity index (χ0v) is 7.63. The highest BCUT2D eigenvalue weighted by Crippen LogP contribution is 2.22. The maximum atomic E-state index is 13.3. The van der Waals surface area contributed by atoms with Crippen molar-refractivity contribution in [3.05, 3.63) is 41.5 Å². The molecule has 0 aliphatic rings. The summed E-state index contributed by atoms with van der Waals surface area (Å²) in [6, 6.07) is 3.45. The number of hydrogen-bond donors (Lipinski definition) is 0. The average Bonchev–Trinajstić information content (AvgIpc) is 2.15. The summed E-state index contributed by atoms with van der Waals surface area (Å²) in [7, 11) is 0. The fraction of sp³-hybridized carbons (Fsp3) is 0.182. The quantitative estimate of drug-likeness (QED) is 0.599. The highest BCUT2D eigenvalue weighted by atomic mass is 19.1. The van der Waals surface area contributed by atoms with Crippen molar-refractivity contribution in [1.29, 1.82) is 0 Å². The van der Waals surface area contributed by atoms with Crippen LogP contribution in [-0.2, 0) is 0 Å². The van der Waals surface area contributed by atoms with Crippen molar-refractivity contribution in [3.63, 3.8) is 0 Å². The molecule has 0 radical (unpaired) electrons. The van der Waals surface area contributed by atoms with Gasteiger partial charge in [-0.15, -0.1) is 0 Å². The third-order valence-electron chi connectivity index (χ3n) is 2.46. The molecule has 2 heteroatoms. The predicted molar refractivity (Wildman–Crippen MR) is 51.2 cm³/mol. The lowest BCUT2D eigenvalue weighted by Gasteiger charge is -2.05. The Morgan fingerprint density at radius 3 is 2.77 bits per heavy atom. The van der Waals surface area contributed by atoms with Crippen molar-refractivity contribution in [1.82, 2.24) is 4.98 Å². The van der Waals surface area contributed by atoms with Crippen molar-refractivity contribution in [2.75, 3.05) is 0 Å². The number of nitrogens with zero attached hydrogens (tertiary/aromatic N) is 1. The Morgan fingerprint density at radius 1 is 1.23 bits per heavy atom. The fourth-order valence-electron chi connectivity index (χ4n) is 1.49. The van der Waals surface area contributed by atoms with Gasteiger partial charge in [0, 0.05) is 17.8 Å². The molecular weight excluding hydrogens is 165 g/mol. The largest absolute Gasteiger partial charge is 0.264 e. The molecular formula is C11H10FN. The van der Waals surface area contributed by atoms with Gasteiger partial charge in [-0.2, -0.15) is 0 Å². The minimum atomic E-state index is -0.155. The van der Waals surface area contributed by atoms with Gasteiger partial charge in [0.15, 0.2) is 0 Å². The molecule has 13 heavy (non-hydrogen) atoms. The molecule has 2 aromatic rings. The van der Waals surface area contributed by atoms with Crippen LogP contribution in [-0.4, -0.2) is 4.98 Å². The molecule has 0 bridgehead atoms. The number of halogens is 1. The van der Waals surface area contributed by atoms with Crippen LogP contribution in [0.4, 0.5) is 4.39 Å². The van der Waals surface area contributed by atoms with E-state index in [-0.39, 0.29) is 5.82 Å². The highest BCUT2D eigenvalue weighted by Gasteiger charge is 2.05. The van der Waals surface area contributed by atoms with Gasteiger partial charge in [-0.1, -0.05) is 0 Å². The second-order valence-corrected chi connectivity index (χ2v) is 3.21. The van der Waals surface area contributed by atoms with Crippen LogP contribution in [0.1, 0.15) is 11.1 Å². The van der Waals surface area contributed by atoms with Crippen molar-refractivity contribution in [2.45, 2.75) is 13.8 Å². The molecule has 0 spiro atoms. The zero-order valence-electron chi connectivity index (χ0n) is 7.63. The Hall–Kier alpha value is -1.44. The third kappa shape index (κ3) is 1.18. The van der Waals surface area contributed by atoms with Gasteiger partial charge in [0.2, 0.25) is 0 Å². The molecule has 1 heterocycles. The van der Waals surface area contributed by atoms with E-state index in [1.165, 1.54) is 6.07 Å². The smallest absolute Gasteiger partial charge is 0.127 e. The van der Waals surface area contributed by atoms with E-state index in [2.05, 4.69) is 4.98 Å².